The molecule has 0 radical (unpaired) electrons. The zero-order chi connectivity index (χ0) is 26.0. The van der Waals surface area contributed by atoms with Crippen molar-refractivity contribution in [3.63, 3.8) is 0 Å². The van der Waals surface area contributed by atoms with Gasteiger partial charge in [0, 0.05) is 48.2 Å². The van der Waals surface area contributed by atoms with Gasteiger partial charge in [0.15, 0.2) is 6.10 Å². The van der Waals surface area contributed by atoms with Gasteiger partial charge in [0.05, 0.1) is 24.3 Å². The number of hydrogen-bond acceptors (Lipinski definition) is 5. The molecule has 7 nitrogen and oxygen atoms in total. The summed E-state index contributed by atoms with van der Waals surface area (Å²) in [5.41, 5.74) is 2.86. The first-order chi connectivity index (χ1) is 17.0. The molecule has 1 aliphatic heterocycles. The first-order valence-corrected chi connectivity index (χ1v) is 12.6. The number of ether oxygens (including phenoxy) is 2. The summed E-state index contributed by atoms with van der Waals surface area (Å²) in [6.07, 6.45) is -1.19. The number of aromatic nitrogens is 1. The number of aliphatic carboxylic acids is 1. The topological polar surface area (TPSA) is 81.0 Å². The Bertz CT molecular complexity index is 1300. The van der Waals surface area contributed by atoms with Crippen molar-refractivity contribution in [1.82, 2.24) is 9.47 Å². The van der Waals surface area contributed by atoms with Crippen molar-refractivity contribution in [2.45, 2.75) is 45.9 Å². The Labute approximate surface area is 216 Å². The van der Waals surface area contributed by atoms with Crippen LogP contribution >= 0.6 is 11.6 Å². The summed E-state index contributed by atoms with van der Waals surface area (Å²) < 4.78 is 13.3. The Hall–Kier alpha value is -2.71. The predicted molar refractivity (Wildman–Crippen MR) is 142 cm³/mol. The number of carboxylic acid groups (broad SMARTS) is 1. The molecule has 36 heavy (non-hydrogen) atoms. The van der Waals surface area contributed by atoms with Crippen LogP contribution in [0.4, 0.5) is 0 Å². The van der Waals surface area contributed by atoms with Gasteiger partial charge in [0.2, 0.25) is 0 Å². The number of hydrogen-bond donors (Lipinski definition) is 1. The lowest BCUT2D eigenvalue weighted by Gasteiger charge is -2.29. The van der Waals surface area contributed by atoms with E-state index in [1.54, 1.807) is 28.8 Å². The van der Waals surface area contributed by atoms with Crippen molar-refractivity contribution in [1.29, 1.82) is 0 Å². The average molecular weight is 513 g/mol. The zero-order valence-electron chi connectivity index (χ0n) is 21.2. The van der Waals surface area contributed by atoms with Crippen LogP contribution in [-0.2, 0) is 20.8 Å². The summed E-state index contributed by atoms with van der Waals surface area (Å²) in [6.45, 7) is 11.7. The molecule has 0 unspecified atom stereocenters. The van der Waals surface area contributed by atoms with E-state index in [1.807, 2.05) is 45.9 Å². The molecule has 0 amide bonds. The number of fused-ring (bicyclic) bond motifs is 1. The zero-order valence-corrected chi connectivity index (χ0v) is 22.0. The van der Waals surface area contributed by atoms with Gasteiger partial charge in [0.25, 0.3) is 5.56 Å². The third-order valence-corrected chi connectivity index (χ3v) is 6.63. The summed E-state index contributed by atoms with van der Waals surface area (Å²) in [4.78, 5) is 27.8. The Balaban J connectivity index is 1.94. The minimum atomic E-state index is -1.19. The molecule has 1 saturated heterocycles. The number of rotatable bonds is 7. The Morgan fingerprint density at radius 1 is 1.11 bits per heavy atom. The normalized spacial score (nSPS) is 15.8. The van der Waals surface area contributed by atoms with Gasteiger partial charge < -0.3 is 19.1 Å². The number of carbonyl (C=O) groups is 1. The van der Waals surface area contributed by atoms with Gasteiger partial charge in [0.1, 0.15) is 0 Å². The molecule has 1 aromatic heterocycles. The van der Waals surface area contributed by atoms with Crippen LogP contribution in [0.2, 0.25) is 5.02 Å². The van der Waals surface area contributed by atoms with Gasteiger partial charge in [-0.25, -0.2) is 4.79 Å². The maximum absolute atomic E-state index is 13.0. The molecule has 8 heteroatoms. The van der Waals surface area contributed by atoms with E-state index in [1.165, 1.54) is 0 Å². The van der Waals surface area contributed by atoms with Crippen LogP contribution in [0.5, 0.6) is 0 Å². The molecule has 0 bridgehead atoms. The molecule has 192 valence electrons. The van der Waals surface area contributed by atoms with Gasteiger partial charge in [-0.3, -0.25) is 9.69 Å². The molecular weight excluding hydrogens is 480 g/mol. The largest absolute Gasteiger partial charge is 0.479 e. The Kier molecular flexibility index (Phi) is 7.85. The van der Waals surface area contributed by atoms with E-state index in [0.29, 0.717) is 30.3 Å². The van der Waals surface area contributed by atoms with E-state index < -0.39 is 17.7 Å². The summed E-state index contributed by atoms with van der Waals surface area (Å²) in [7, 11) is 0. The van der Waals surface area contributed by atoms with Crippen LogP contribution in [0.25, 0.3) is 22.0 Å². The molecular formula is C28H33ClN2O5. The van der Waals surface area contributed by atoms with Crippen molar-refractivity contribution < 1.29 is 19.4 Å². The van der Waals surface area contributed by atoms with E-state index in [4.69, 9.17) is 21.1 Å². The highest BCUT2D eigenvalue weighted by Gasteiger charge is 2.32. The van der Waals surface area contributed by atoms with Gasteiger partial charge in [-0.05, 0) is 68.7 Å². The standard InChI is InChI=1S/C28H33ClN2O5/c1-18-17-22-21(9-10-23(32)31(22)12-11-30-13-15-35-16-14-30)25(19-5-7-20(29)8-6-19)24(18)26(27(33)34)36-28(2,3)4/h5-10,17,26H,11-16H2,1-4H3,(H,33,34)/t26-/m0/s1. The van der Waals surface area contributed by atoms with Crippen LogP contribution in [0.1, 0.15) is 38.0 Å². The molecule has 2 aromatic carbocycles. The monoisotopic (exact) mass is 512 g/mol. The van der Waals surface area contributed by atoms with E-state index in [0.717, 1.165) is 47.2 Å². The number of aryl methyl sites for hydroxylation is 1. The molecule has 3 aromatic rings. The number of pyridine rings is 1. The second kappa shape index (κ2) is 10.7. The highest BCUT2D eigenvalue weighted by atomic mass is 35.5. The van der Waals surface area contributed by atoms with Crippen molar-refractivity contribution in [2.24, 2.45) is 0 Å². The van der Waals surface area contributed by atoms with Gasteiger partial charge >= 0.3 is 5.97 Å². The lowest BCUT2D eigenvalue weighted by Crippen LogP contribution is -2.39. The first kappa shape index (κ1) is 26.4. The van der Waals surface area contributed by atoms with Crippen LogP contribution in [-0.4, -0.2) is 59.0 Å². The summed E-state index contributed by atoms with van der Waals surface area (Å²) in [6, 6.07) is 12.6. The van der Waals surface area contributed by atoms with Gasteiger partial charge in [-0.2, -0.15) is 0 Å². The fourth-order valence-corrected chi connectivity index (χ4v) is 4.86. The Morgan fingerprint density at radius 3 is 2.39 bits per heavy atom. The van der Waals surface area contributed by atoms with E-state index in [-0.39, 0.29) is 5.56 Å². The summed E-state index contributed by atoms with van der Waals surface area (Å²) >= 11 is 6.17. The third-order valence-electron chi connectivity index (χ3n) is 6.38. The molecule has 2 heterocycles. The minimum absolute atomic E-state index is 0.0920. The lowest BCUT2D eigenvalue weighted by molar-refractivity contribution is -0.160. The SMILES string of the molecule is Cc1cc2c(ccc(=O)n2CCN2CCOCC2)c(-c2ccc(Cl)cc2)c1[C@H](OC(C)(C)C)C(=O)O. The van der Waals surface area contributed by atoms with E-state index in [9.17, 15) is 14.7 Å². The summed E-state index contributed by atoms with van der Waals surface area (Å²) in [5, 5.41) is 11.6. The van der Waals surface area contributed by atoms with Crippen LogP contribution in [0.15, 0.2) is 47.3 Å². The second-order valence-corrected chi connectivity index (χ2v) is 10.6. The highest BCUT2D eigenvalue weighted by molar-refractivity contribution is 6.30. The molecule has 0 saturated carbocycles. The smallest absolute Gasteiger partial charge is 0.337 e. The summed E-state index contributed by atoms with van der Waals surface area (Å²) in [5.74, 6) is -1.07. The fourth-order valence-electron chi connectivity index (χ4n) is 4.73. The number of halogens is 1. The average Bonchev–Trinajstić information content (AvgIpc) is 2.82. The molecule has 1 N–H and O–H groups in total. The predicted octanol–water partition coefficient (Wildman–Crippen LogP) is 4.90. The third kappa shape index (κ3) is 5.81. The van der Waals surface area contributed by atoms with Gasteiger partial charge in [-0.15, -0.1) is 0 Å². The molecule has 4 rings (SSSR count). The van der Waals surface area contributed by atoms with Crippen LogP contribution in [0.3, 0.4) is 0 Å². The molecule has 0 aliphatic carbocycles. The molecule has 1 aliphatic rings. The van der Waals surface area contributed by atoms with Crippen LogP contribution < -0.4 is 5.56 Å². The maximum atomic E-state index is 13.0. The lowest BCUT2D eigenvalue weighted by atomic mass is 9.88. The van der Waals surface area contributed by atoms with Crippen molar-refractivity contribution in [2.75, 3.05) is 32.8 Å². The molecule has 0 spiro atoms. The van der Waals surface area contributed by atoms with E-state index >= 15 is 0 Å². The van der Waals surface area contributed by atoms with Crippen molar-refractivity contribution in [3.8, 4) is 11.1 Å². The number of nitrogens with zero attached hydrogens (tertiary/aromatic N) is 2. The molecule has 1 atom stereocenters. The number of carboxylic acids is 1. The van der Waals surface area contributed by atoms with Crippen LogP contribution in [0, 0.1) is 6.92 Å². The fraction of sp³-hybridized carbons (Fsp3) is 0.429. The number of benzene rings is 2. The number of morpholine rings is 1. The van der Waals surface area contributed by atoms with Crippen molar-refractivity contribution >= 4 is 28.5 Å². The van der Waals surface area contributed by atoms with Crippen molar-refractivity contribution in [3.05, 3.63) is 69.0 Å². The quantitative estimate of drug-likeness (QED) is 0.485. The van der Waals surface area contributed by atoms with E-state index in [2.05, 4.69) is 4.90 Å². The Morgan fingerprint density at radius 2 is 1.78 bits per heavy atom. The first-order valence-electron chi connectivity index (χ1n) is 12.2. The molecule has 1 fully saturated rings. The van der Waals surface area contributed by atoms with Gasteiger partial charge in [-0.1, -0.05) is 23.7 Å². The maximum Gasteiger partial charge on any atom is 0.337 e. The minimum Gasteiger partial charge on any atom is -0.479 e. The highest BCUT2D eigenvalue weighted by Crippen LogP contribution is 2.40. The second-order valence-electron chi connectivity index (χ2n) is 10.1.